The van der Waals surface area contributed by atoms with E-state index in [1.807, 2.05) is 13.1 Å². The summed E-state index contributed by atoms with van der Waals surface area (Å²) >= 11 is 1.56. The Kier molecular flexibility index (Phi) is 2.41. The van der Waals surface area contributed by atoms with Gasteiger partial charge in [-0.15, -0.1) is 11.8 Å². The zero-order valence-corrected chi connectivity index (χ0v) is 10.6. The lowest BCUT2D eigenvalue weighted by molar-refractivity contribution is -0.157. The van der Waals surface area contributed by atoms with Gasteiger partial charge in [-0.3, -0.25) is 9.48 Å². The molecule has 0 aromatic carbocycles. The van der Waals surface area contributed by atoms with E-state index in [1.54, 1.807) is 28.7 Å². The predicted octanol–water partition coefficient (Wildman–Crippen LogP) is 0.400. The smallest absolute Gasteiger partial charge is 0.327 e. The van der Waals surface area contributed by atoms with Gasteiger partial charge in [0, 0.05) is 12.4 Å². The van der Waals surface area contributed by atoms with Crippen molar-refractivity contribution in [2.75, 3.05) is 0 Å². The second-order valence-electron chi connectivity index (χ2n) is 4.83. The number of rotatable bonds is 3. The van der Waals surface area contributed by atoms with E-state index in [0.29, 0.717) is 13.0 Å². The Morgan fingerprint density at radius 1 is 1.72 bits per heavy atom. The summed E-state index contributed by atoms with van der Waals surface area (Å²) in [6.45, 7) is 2.38. The van der Waals surface area contributed by atoms with Crippen molar-refractivity contribution >= 4 is 23.6 Å². The summed E-state index contributed by atoms with van der Waals surface area (Å²) in [5.41, 5.74) is 0. The maximum Gasteiger partial charge on any atom is 0.327 e. The van der Waals surface area contributed by atoms with Crippen LogP contribution in [0.4, 0.5) is 0 Å². The monoisotopic (exact) mass is 267 g/mol. The highest BCUT2D eigenvalue weighted by molar-refractivity contribution is 8.01. The van der Waals surface area contributed by atoms with Crippen LogP contribution in [0.15, 0.2) is 18.5 Å². The molecule has 96 valence electrons. The molecule has 3 heterocycles. The number of aliphatic carboxylic acids is 1. The van der Waals surface area contributed by atoms with Crippen molar-refractivity contribution in [2.24, 2.45) is 0 Å². The minimum atomic E-state index is -0.937. The molecule has 3 rings (SSSR count). The summed E-state index contributed by atoms with van der Waals surface area (Å²) in [7, 11) is 0. The van der Waals surface area contributed by atoms with Crippen LogP contribution >= 0.6 is 11.8 Å². The SMILES string of the molecule is CC1(Cn2cccn2)SC2CC(=O)N2C1C(=O)O. The van der Waals surface area contributed by atoms with Crippen molar-refractivity contribution in [1.82, 2.24) is 14.7 Å². The van der Waals surface area contributed by atoms with Crippen molar-refractivity contribution < 1.29 is 14.7 Å². The highest BCUT2D eigenvalue weighted by atomic mass is 32.2. The van der Waals surface area contributed by atoms with E-state index in [0.717, 1.165) is 0 Å². The fourth-order valence-electron chi connectivity index (χ4n) is 2.70. The first kappa shape index (κ1) is 11.6. The molecule has 1 N–H and O–H groups in total. The van der Waals surface area contributed by atoms with Gasteiger partial charge in [0.25, 0.3) is 0 Å². The molecular weight excluding hydrogens is 254 g/mol. The number of carboxylic acids is 1. The molecule has 1 amide bonds. The average molecular weight is 267 g/mol. The second kappa shape index (κ2) is 3.74. The summed E-state index contributed by atoms with van der Waals surface area (Å²) in [5.74, 6) is -1.00. The van der Waals surface area contributed by atoms with E-state index in [2.05, 4.69) is 5.10 Å². The van der Waals surface area contributed by atoms with Gasteiger partial charge in [0.05, 0.1) is 23.1 Å². The van der Waals surface area contributed by atoms with Crippen molar-refractivity contribution in [1.29, 1.82) is 0 Å². The number of fused-ring (bicyclic) bond motifs is 1. The molecule has 0 aliphatic carbocycles. The number of carbonyl (C=O) groups is 2. The molecule has 0 bridgehead atoms. The number of thioether (sulfide) groups is 1. The Morgan fingerprint density at radius 2 is 2.50 bits per heavy atom. The van der Waals surface area contributed by atoms with Crippen LogP contribution in [0.3, 0.4) is 0 Å². The van der Waals surface area contributed by atoms with Gasteiger partial charge in [0.15, 0.2) is 0 Å². The Bertz CT molecular complexity index is 504. The van der Waals surface area contributed by atoms with Gasteiger partial charge in [-0.2, -0.15) is 5.10 Å². The van der Waals surface area contributed by atoms with Crippen LogP contribution in [0.5, 0.6) is 0 Å². The molecule has 2 fully saturated rings. The lowest BCUT2D eigenvalue weighted by Gasteiger charge is -2.36. The summed E-state index contributed by atoms with van der Waals surface area (Å²) in [5, 5.41) is 13.5. The van der Waals surface area contributed by atoms with Gasteiger partial charge in [-0.1, -0.05) is 0 Å². The quantitative estimate of drug-likeness (QED) is 0.802. The van der Waals surface area contributed by atoms with Crippen molar-refractivity contribution in [2.45, 2.75) is 36.1 Å². The first-order chi connectivity index (χ1) is 8.51. The zero-order chi connectivity index (χ0) is 12.9. The number of β-lactam (4-membered cyclic amide) rings is 1. The molecule has 7 heteroatoms. The third-order valence-electron chi connectivity index (χ3n) is 3.48. The molecular formula is C11H13N3O3S. The van der Waals surface area contributed by atoms with Crippen LogP contribution in [-0.4, -0.2) is 47.8 Å². The van der Waals surface area contributed by atoms with Crippen LogP contribution in [-0.2, 0) is 16.1 Å². The van der Waals surface area contributed by atoms with Crippen LogP contribution in [0.2, 0.25) is 0 Å². The summed E-state index contributed by atoms with van der Waals surface area (Å²) in [6.07, 6.45) is 3.92. The molecule has 0 radical (unpaired) electrons. The standard InChI is InChI=1S/C11H13N3O3S/c1-11(6-13-4-2-3-12-13)9(10(16)17)14-7(15)5-8(14)18-11/h2-4,8-9H,5-6H2,1H3,(H,16,17). The van der Waals surface area contributed by atoms with E-state index in [-0.39, 0.29) is 11.3 Å². The van der Waals surface area contributed by atoms with Crippen molar-refractivity contribution in [3.8, 4) is 0 Å². The number of aromatic nitrogens is 2. The molecule has 0 saturated carbocycles. The topological polar surface area (TPSA) is 75.4 Å². The average Bonchev–Trinajstić information content (AvgIpc) is 2.83. The van der Waals surface area contributed by atoms with E-state index in [9.17, 15) is 14.7 Å². The zero-order valence-electron chi connectivity index (χ0n) is 9.81. The fraction of sp³-hybridized carbons (Fsp3) is 0.545. The van der Waals surface area contributed by atoms with Gasteiger partial charge in [0.2, 0.25) is 5.91 Å². The number of amides is 1. The van der Waals surface area contributed by atoms with Gasteiger partial charge in [-0.05, 0) is 13.0 Å². The Morgan fingerprint density at radius 3 is 3.06 bits per heavy atom. The van der Waals surface area contributed by atoms with Gasteiger partial charge >= 0.3 is 5.97 Å². The summed E-state index contributed by atoms with van der Waals surface area (Å²) in [6, 6.07) is 1.04. The first-order valence-corrected chi connectivity index (χ1v) is 6.58. The predicted molar refractivity (Wildman–Crippen MR) is 64.9 cm³/mol. The maximum atomic E-state index is 11.5. The highest BCUT2D eigenvalue weighted by Gasteiger charge is 2.60. The molecule has 3 unspecified atom stereocenters. The molecule has 2 aliphatic rings. The number of nitrogens with zero attached hydrogens (tertiary/aromatic N) is 3. The van der Waals surface area contributed by atoms with Crippen LogP contribution in [0, 0.1) is 0 Å². The molecule has 0 spiro atoms. The Balaban J connectivity index is 1.90. The molecule has 2 saturated heterocycles. The lowest BCUT2D eigenvalue weighted by atomic mass is 9.96. The Hall–Kier alpha value is -1.50. The molecule has 1 aromatic heterocycles. The molecule has 3 atom stereocenters. The fourth-order valence-corrected chi connectivity index (χ4v) is 4.45. The van der Waals surface area contributed by atoms with Crippen molar-refractivity contribution in [3.63, 3.8) is 0 Å². The molecule has 1 aromatic rings. The molecule has 6 nitrogen and oxygen atoms in total. The third kappa shape index (κ3) is 1.53. The number of hydrogen-bond donors (Lipinski definition) is 1. The minimum Gasteiger partial charge on any atom is -0.480 e. The minimum absolute atomic E-state index is 0.0131. The first-order valence-electron chi connectivity index (χ1n) is 5.70. The molecule has 18 heavy (non-hydrogen) atoms. The largest absolute Gasteiger partial charge is 0.480 e. The molecule has 2 aliphatic heterocycles. The number of hydrogen-bond acceptors (Lipinski definition) is 4. The van der Waals surface area contributed by atoms with Gasteiger partial charge in [0.1, 0.15) is 6.04 Å². The summed E-state index contributed by atoms with van der Waals surface area (Å²) < 4.78 is 1.19. The van der Waals surface area contributed by atoms with Crippen molar-refractivity contribution in [3.05, 3.63) is 18.5 Å². The van der Waals surface area contributed by atoms with Crippen LogP contribution in [0.25, 0.3) is 0 Å². The third-order valence-corrected chi connectivity index (χ3v) is 5.04. The Labute approximate surface area is 108 Å². The maximum absolute atomic E-state index is 11.5. The second-order valence-corrected chi connectivity index (χ2v) is 6.55. The summed E-state index contributed by atoms with van der Waals surface area (Å²) in [4.78, 5) is 24.5. The van der Waals surface area contributed by atoms with E-state index < -0.39 is 16.8 Å². The van der Waals surface area contributed by atoms with Gasteiger partial charge < -0.3 is 10.0 Å². The van der Waals surface area contributed by atoms with E-state index >= 15 is 0 Å². The van der Waals surface area contributed by atoms with E-state index in [1.165, 1.54) is 4.90 Å². The number of carboxylic acid groups (broad SMARTS) is 1. The van der Waals surface area contributed by atoms with E-state index in [4.69, 9.17) is 0 Å². The van der Waals surface area contributed by atoms with Crippen LogP contribution in [0.1, 0.15) is 13.3 Å². The highest BCUT2D eigenvalue weighted by Crippen LogP contribution is 2.51. The lowest BCUT2D eigenvalue weighted by Crippen LogP contribution is -2.58. The van der Waals surface area contributed by atoms with Gasteiger partial charge in [-0.25, -0.2) is 4.79 Å². The number of carbonyl (C=O) groups excluding carboxylic acids is 1. The van der Waals surface area contributed by atoms with Crippen LogP contribution < -0.4 is 0 Å². The normalized spacial score (nSPS) is 34.3.